The molecule has 1 amide bonds. The van der Waals surface area contributed by atoms with Gasteiger partial charge in [0.1, 0.15) is 11.5 Å². The van der Waals surface area contributed by atoms with Gasteiger partial charge < -0.3 is 18.8 Å². The maximum Gasteiger partial charge on any atom is 0.223 e. The van der Waals surface area contributed by atoms with Crippen molar-refractivity contribution < 1.29 is 18.7 Å². The second kappa shape index (κ2) is 10.6. The van der Waals surface area contributed by atoms with Crippen LogP contribution in [0, 0.1) is 12.7 Å². The fourth-order valence-electron chi connectivity index (χ4n) is 4.35. The van der Waals surface area contributed by atoms with Crippen LogP contribution in [0.5, 0.6) is 11.5 Å². The number of rotatable bonds is 9. The van der Waals surface area contributed by atoms with Crippen LogP contribution in [0.15, 0.2) is 67.0 Å². The molecule has 0 saturated carbocycles. The molecule has 0 saturated heterocycles. The lowest BCUT2D eigenvalue weighted by molar-refractivity contribution is -0.130. The van der Waals surface area contributed by atoms with Crippen molar-refractivity contribution in [2.24, 2.45) is 0 Å². The summed E-state index contributed by atoms with van der Waals surface area (Å²) in [4.78, 5) is 19.6. The average molecular weight is 476 g/mol. The number of nitrogens with zero attached hydrogens (tertiary/aromatic N) is 3. The molecule has 182 valence electrons. The highest BCUT2D eigenvalue weighted by atomic mass is 19.1. The van der Waals surface area contributed by atoms with Crippen LogP contribution in [-0.4, -0.2) is 48.0 Å². The Morgan fingerprint density at radius 3 is 2.60 bits per heavy atom. The van der Waals surface area contributed by atoms with Crippen molar-refractivity contribution in [3.63, 3.8) is 0 Å². The number of aryl methyl sites for hydroxylation is 1. The molecule has 0 fully saturated rings. The average Bonchev–Trinajstić information content (AvgIpc) is 3.31. The molecular formula is C28H30FN3O3. The summed E-state index contributed by atoms with van der Waals surface area (Å²) in [7, 11) is 4.98. The fraction of sp³-hybridized carbons (Fsp3) is 0.286. The molecule has 0 radical (unpaired) electrons. The molecule has 6 nitrogen and oxygen atoms in total. The molecule has 1 unspecified atom stereocenters. The van der Waals surface area contributed by atoms with Gasteiger partial charge in [0.25, 0.3) is 0 Å². The number of benzene rings is 2. The number of halogens is 1. The first kappa shape index (κ1) is 24.3. The summed E-state index contributed by atoms with van der Waals surface area (Å²) < 4.78 is 27.5. The number of aromatic nitrogens is 2. The standard InChI is InChI=1S/C28H30FN3O3/c1-19-8-7-14-32-24(18-30-28(19)32)22(21-9-5-6-10-23(21)29)17-27(33)31(2)15-13-20-11-12-25(34-3)26(16-20)35-4/h5-12,14,16,18,22H,13,15,17H2,1-4H3. The molecule has 35 heavy (non-hydrogen) atoms. The van der Waals surface area contributed by atoms with Crippen LogP contribution < -0.4 is 9.47 Å². The Bertz CT molecular complexity index is 1330. The number of hydrogen-bond acceptors (Lipinski definition) is 4. The van der Waals surface area contributed by atoms with Crippen LogP contribution in [0.25, 0.3) is 5.65 Å². The van der Waals surface area contributed by atoms with E-state index in [0.29, 0.717) is 30.0 Å². The molecule has 4 aromatic rings. The van der Waals surface area contributed by atoms with Gasteiger partial charge in [0, 0.05) is 38.3 Å². The largest absolute Gasteiger partial charge is 0.493 e. The predicted molar refractivity (Wildman–Crippen MR) is 134 cm³/mol. The third-order valence-corrected chi connectivity index (χ3v) is 6.39. The third kappa shape index (κ3) is 5.14. The maximum atomic E-state index is 14.9. The molecular weight excluding hydrogens is 445 g/mol. The minimum atomic E-state index is -0.468. The number of ether oxygens (including phenoxy) is 2. The van der Waals surface area contributed by atoms with Gasteiger partial charge in [-0.3, -0.25) is 4.79 Å². The highest BCUT2D eigenvalue weighted by molar-refractivity contribution is 5.77. The van der Waals surface area contributed by atoms with Crippen LogP contribution in [0.4, 0.5) is 4.39 Å². The molecule has 0 N–H and O–H groups in total. The lowest BCUT2D eigenvalue weighted by Gasteiger charge is -2.23. The van der Waals surface area contributed by atoms with E-state index in [0.717, 1.165) is 22.5 Å². The molecule has 7 heteroatoms. The number of hydrogen-bond donors (Lipinski definition) is 0. The number of likely N-dealkylation sites (N-methyl/N-ethyl adjacent to an activating group) is 1. The molecule has 1 atom stereocenters. The zero-order chi connectivity index (χ0) is 24.9. The SMILES string of the molecule is COc1ccc(CCN(C)C(=O)CC(c2ccccc2F)c2cnc3c(C)cccn23)cc1OC. The topological polar surface area (TPSA) is 56.1 Å². The monoisotopic (exact) mass is 475 g/mol. The number of methoxy groups -OCH3 is 2. The Morgan fingerprint density at radius 1 is 1.09 bits per heavy atom. The van der Waals surface area contributed by atoms with E-state index < -0.39 is 5.92 Å². The first-order valence-electron chi connectivity index (χ1n) is 11.5. The second-order valence-electron chi connectivity index (χ2n) is 8.60. The van der Waals surface area contributed by atoms with Gasteiger partial charge >= 0.3 is 0 Å². The normalized spacial score (nSPS) is 11.9. The summed E-state index contributed by atoms with van der Waals surface area (Å²) in [6.07, 6.45) is 4.44. The number of fused-ring (bicyclic) bond motifs is 1. The summed E-state index contributed by atoms with van der Waals surface area (Å²) in [5, 5.41) is 0. The minimum absolute atomic E-state index is 0.0682. The zero-order valence-electron chi connectivity index (χ0n) is 20.5. The molecule has 2 heterocycles. The lowest BCUT2D eigenvalue weighted by atomic mass is 9.91. The van der Waals surface area contributed by atoms with Crippen LogP contribution in [0.1, 0.15) is 34.7 Å². The molecule has 4 rings (SSSR count). The van der Waals surface area contributed by atoms with Crippen molar-refractivity contribution >= 4 is 11.6 Å². The molecule has 0 aliphatic heterocycles. The van der Waals surface area contributed by atoms with Crippen LogP contribution in [-0.2, 0) is 11.2 Å². The first-order valence-corrected chi connectivity index (χ1v) is 11.5. The van der Waals surface area contributed by atoms with Crippen LogP contribution in [0.2, 0.25) is 0 Å². The smallest absolute Gasteiger partial charge is 0.223 e. The molecule has 0 aliphatic rings. The van der Waals surface area contributed by atoms with Gasteiger partial charge in [-0.2, -0.15) is 0 Å². The van der Waals surface area contributed by atoms with E-state index in [1.165, 1.54) is 6.07 Å². The van der Waals surface area contributed by atoms with E-state index in [1.54, 1.807) is 50.6 Å². The minimum Gasteiger partial charge on any atom is -0.493 e. The summed E-state index contributed by atoms with van der Waals surface area (Å²) in [5.41, 5.74) is 4.13. The Morgan fingerprint density at radius 2 is 1.86 bits per heavy atom. The summed E-state index contributed by atoms with van der Waals surface area (Å²) >= 11 is 0. The first-order chi connectivity index (χ1) is 16.9. The Hall–Kier alpha value is -3.87. The van der Waals surface area contributed by atoms with Crippen molar-refractivity contribution in [1.29, 1.82) is 0 Å². The van der Waals surface area contributed by atoms with Crippen molar-refractivity contribution in [2.45, 2.75) is 25.7 Å². The van der Waals surface area contributed by atoms with Gasteiger partial charge in [0.2, 0.25) is 5.91 Å². The number of carbonyl (C=O) groups is 1. The molecule has 2 aromatic heterocycles. The van der Waals surface area contributed by atoms with Gasteiger partial charge in [-0.1, -0.05) is 30.3 Å². The van der Waals surface area contributed by atoms with Gasteiger partial charge in [0.05, 0.1) is 19.9 Å². The Balaban J connectivity index is 1.56. The highest BCUT2D eigenvalue weighted by Crippen LogP contribution is 2.32. The second-order valence-corrected chi connectivity index (χ2v) is 8.60. The van der Waals surface area contributed by atoms with Gasteiger partial charge in [-0.05, 0) is 54.3 Å². The van der Waals surface area contributed by atoms with Crippen molar-refractivity contribution in [3.05, 3.63) is 95.2 Å². The van der Waals surface area contributed by atoms with E-state index in [4.69, 9.17) is 9.47 Å². The summed E-state index contributed by atoms with van der Waals surface area (Å²) in [6, 6.07) is 16.3. The van der Waals surface area contributed by atoms with Gasteiger partial charge in [0.15, 0.2) is 11.5 Å². The summed E-state index contributed by atoms with van der Waals surface area (Å²) in [6.45, 7) is 2.50. The Labute approximate surface area is 204 Å². The van der Waals surface area contributed by atoms with E-state index in [-0.39, 0.29) is 18.1 Å². The third-order valence-electron chi connectivity index (χ3n) is 6.39. The quantitative estimate of drug-likeness (QED) is 0.341. The molecule has 0 spiro atoms. The fourth-order valence-corrected chi connectivity index (χ4v) is 4.35. The number of amides is 1. The number of pyridine rings is 1. The van der Waals surface area contributed by atoms with E-state index in [1.807, 2.05) is 47.9 Å². The van der Waals surface area contributed by atoms with Crippen LogP contribution in [0.3, 0.4) is 0 Å². The predicted octanol–water partition coefficient (Wildman–Crippen LogP) is 5.02. The number of carbonyl (C=O) groups excluding carboxylic acids is 1. The highest BCUT2D eigenvalue weighted by Gasteiger charge is 2.26. The van der Waals surface area contributed by atoms with Gasteiger partial charge in [-0.15, -0.1) is 0 Å². The maximum absolute atomic E-state index is 14.9. The molecule has 0 aliphatic carbocycles. The lowest BCUT2D eigenvalue weighted by Crippen LogP contribution is -2.30. The summed E-state index contributed by atoms with van der Waals surface area (Å²) in [5.74, 6) is 0.449. The number of imidazole rings is 1. The zero-order valence-corrected chi connectivity index (χ0v) is 20.5. The van der Waals surface area contributed by atoms with E-state index >= 15 is 0 Å². The van der Waals surface area contributed by atoms with E-state index in [9.17, 15) is 9.18 Å². The van der Waals surface area contributed by atoms with Crippen molar-refractivity contribution in [3.8, 4) is 11.5 Å². The van der Waals surface area contributed by atoms with Crippen LogP contribution >= 0.6 is 0 Å². The Kier molecular flexibility index (Phi) is 7.34. The van der Waals surface area contributed by atoms with Crippen molar-refractivity contribution in [1.82, 2.24) is 14.3 Å². The molecule has 2 aromatic carbocycles. The van der Waals surface area contributed by atoms with Crippen molar-refractivity contribution in [2.75, 3.05) is 27.8 Å². The van der Waals surface area contributed by atoms with E-state index in [2.05, 4.69) is 4.98 Å². The van der Waals surface area contributed by atoms with Gasteiger partial charge in [-0.25, -0.2) is 9.37 Å². The molecule has 0 bridgehead atoms.